The molecule has 0 bridgehead atoms. The van der Waals surface area contributed by atoms with Crippen LogP contribution in [-0.2, 0) is 13.0 Å². The molecule has 0 aromatic carbocycles. The fraction of sp³-hybridized carbons (Fsp3) is 0.462. The van der Waals surface area contributed by atoms with Crippen molar-refractivity contribution in [1.82, 2.24) is 20.5 Å². The van der Waals surface area contributed by atoms with Gasteiger partial charge in [0.05, 0.1) is 6.61 Å². The van der Waals surface area contributed by atoms with E-state index in [1.165, 1.54) is 11.3 Å². The summed E-state index contributed by atoms with van der Waals surface area (Å²) in [6.45, 7) is 4.47. The Morgan fingerprint density at radius 2 is 2.26 bits per heavy atom. The van der Waals surface area contributed by atoms with E-state index in [4.69, 9.17) is 4.74 Å². The van der Waals surface area contributed by atoms with Crippen LogP contribution in [0.25, 0.3) is 0 Å². The largest absolute Gasteiger partial charge is 0.469 e. The molecule has 0 saturated heterocycles. The first kappa shape index (κ1) is 13.9. The van der Waals surface area contributed by atoms with Gasteiger partial charge in [0.1, 0.15) is 5.01 Å². The first-order valence-corrected chi connectivity index (χ1v) is 7.26. The van der Waals surface area contributed by atoms with Crippen molar-refractivity contribution in [3.8, 4) is 5.19 Å². The molecule has 102 valence electrons. The highest BCUT2D eigenvalue weighted by atomic mass is 32.1. The van der Waals surface area contributed by atoms with E-state index in [0.29, 0.717) is 11.8 Å². The summed E-state index contributed by atoms with van der Waals surface area (Å²) in [7, 11) is 0. The van der Waals surface area contributed by atoms with Crippen LogP contribution in [0.15, 0.2) is 24.4 Å². The molecule has 0 atom stereocenters. The molecule has 0 spiro atoms. The van der Waals surface area contributed by atoms with Gasteiger partial charge in [-0.1, -0.05) is 24.3 Å². The Morgan fingerprint density at radius 3 is 3.05 bits per heavy atom. The lowest BCUT2D eigenvalue weighted by Gasteiger charge is -2.00. The quantitative estimate of drug-likeness (QED) is 0.749. The molecule has 0 saturated carbocycles. The molecule has 0 radical (unpaired) electrons. The molecule has 0 amide bonds. The number of nitrogens with one attached hydrogen (secondary N) is 1. The second-order valence-corrected chi connectivity index (χ2v) is 5.08. The predicted octanol–water partition coefficient (Wildman–Crippen LogP) is 2.05. The highest BCUT2D eigenvalue weighted by Gasteiger charge is 2.04. The zero-order valence-electron chi connectivity index (χ0n) is 11.0. The minimum atomic E-state index is 0.577. The monoisotopic (exact) mass is 278 g/mol. The molecule has 0 aliphatic rings. The summed E-state index contributed by atoms with van der Waals surface area (Å²) in [5, 5.41) is 13.0. The molecule has 0 fully saturated rings. The van der Waals surface area contributed by atoms with Crippen molar-refractivity contribution in [3.05, 3.63) is 35.1 Å². The molecule has 5 nitrogen and oxygen atoms in total. The van der Waals surface area contributed by atoms with Gasteiger partial charge >= 0.3 is 0 Å². The summed E-state index contributed by atoms with van der Waals surface area (Å²) in [5.74, 6) is 0. The summed E-state index contributed by atoms with van der Waals surface area (Å²) < 4.78 is 5.57. The summed E-state index contributed by atoms with van der Waals surface area (Å²) in [5.41, 5.74) is 1.02. The first-order valence-electron chi connectivity index (χ1n) is 6.44. The highest BCUT2D eigenvalue weighted by Crippen LogP contribution is 2.17. The summed E-state index contributed by atoms with van der Waals surface area (Å²) in [4.78, 5) is 4.24. The van der Waals surface area contributed by atoms with E-state index in [1.807, 2.05) is 18.2 Å². The van der Waals surface area contributed by atoms with Crippen LogP contribution in [0.2, 0.25) is 0 Å². The maximum absolute atomic E-state index is 5.57. The number of hydrogen-bond acceptors (Lipinski definition) is 6. The standard InChI is InChI=1S/C13H18N4OS/c1-2-7-14-10-12-16-17-13(19-12)18-9-6-11-5-3-4-8-15-11/h3-5,8,14H,2,6-7,9-10H2,1H3. The van der Waals surface area contributed by atoms with Gasteiger partial charge in [0.15, 0.2) is 0 Å². The van der Waals surface area contributed by atoms with Crippen LogP contribution in [0.1, 0.15) is 24.0 Å². The molecule has 2 aromatic rings. The zero-order chi connectivity index (χ0) is 13.3. The maximum atomic E-state index is 5.57. The van der Waals surface area contributed by atoms with Gasteiger partial charge in [-0.15, -0.1) is 10.2 Å². The zero-order valence-corrected chi connectivity index (χ0v) is 11.8. The van der Waals surface area contributed by atoms with E-state index in [0.717, 1.165) is 36.6 Å². The molecule has 0 aliphatic heterocycles. The molecule has 1 N–H and O–H groups in total. The molecule has 0 unspecified atom stereocenters. The Morgan fingerprint density at radius 1 is 1.32 bits per heavy atom. The third-order valence-corrected chi connectivity index (χ3v) is 3.30. The lowest BCUT2D eigenvalue weighted by molar-refractivity contribution is 0.316. The minimum absolute atomic E-state index is 0.577. The number of hydrogen-bond donors (Lipinski definition) is 1. The second-order valence-electron chi connectivity index (χ2n) is 4.06. The third-order valence-electron chi connectivity index (χ3n) is 2.46. The van der Waals surface area contributed by atoms with Crippen molar-refractivity contribution in [2.45, 2.75) is 26.3 Å². The topological polar surface area (TPSA) is 59.9 Å². The average Bonchev–Trinajstić information content (AvgIpc) is 2.88. The van der Waals surface area contributed by atoms with Gasteiger partial charge in [-0.05, 0) is 25.1 Å². The van der Waals surface area contributed by atoms with E-state index in [9.17, 15) is 0 Å². The molecule has 2 heterocycles. The van der Waals surface area contributed by atoms with Gasteiger partial charge in [0, 0.05) is 24.9 Å². The van der Waals surface area contributed by atoms with Gasteiger partial charge in [0.2, 0.25) is 0 Å². The number of rotatable bonds is 8. The van der Waals surface area contributed by atoms with E-state index < -0.39 is 0 Å². The second kappa shape index (κ2) is 7.81. The number of aromatic nitrogens is 3. The molecular weight excluding hydrogens is 260 g/mol. The minimum Gasteiger partial charge on any atom is -0.469 e. The summed E-state index contributed by atoms with van der Waals surface area (Å²) in [6, 6.07) is 5.87. The van der Waals surface area contributed by atoms with Crippen molar-refractivity contribution in [2.75, 3.05) is 13.2 Å². The number of nitrogens with zero attached hydrogens (tertiary/aromatic N) is 3. The van der Waals surface area contributed by atoms with Crippen LogP contribution in [0.3, 0.4) is 0 Å². The van der Waals surface area contributed by atoms with Gasteiger partial charge in [-0.3, -0.25) is 4.98 Å². The van der Waals surface area contributed by atoms with E-state index in [2.05, 4.69) is 27.4 Å². The van der Waals surface area contributed by atoms with Crippen LogP contribution < -0.4 is 10.1 Å². The number of ether oxygens (including phenoxy) is 1. The Bertz CT molecular complexity index is 475. The third kappa shape index (κ3) is 4.92. The summed E-state index contributed by atoms with van der Waals surface area (Å²) >= 11 is 1.49. The molecule has 2 rings (SSSR count). The SMILES string of the molecule is CCCNCc1nnc(OCCc2ccccn2)s1. The van der Waals surface area contributed by atoms with Gasteiger partial charge in [0.25, 0.3) is 5.19 Å². The van der Waals surface area contributed by atoms with Crippen LogP contribution in [0.4, 0.5) is 0 Å². The van der Waals surface area contributed by atoms with Gasteiger partial charge in [-0.25, -0.2) is 0 Å². The number of pyridine rings is 1. The predicted molar refractivity (Wildman–Crippen MR) is 75.3 cm³/mol. The molecular formula is C13H18N4OS. The highest BCUT2D eigenvalue weighted by molar-refractivity contribution is 7.13. The Balaban J connectivity index is 1.71. The normalized spacial score (nSPS) is 10.6. The van der Waals surface area contributed by atoms with E-state index >= 15 is 0 Å². The molecule has 0 aliphatic carbocycles. The smallest absolute Gasteiger partial charge is 0.294 e. The molecule has 2 aromatic heterocycles. The summed E-state index contributed by atoms with van der Waals surface area (Å²) in [6.07, 6.45) is 3.69. The lowest BCUT2D eigenvalue weighted by atomic mass is 10.3. The van der Waals surface area contributed by atoms with Crippen molar-refractivity contribution in [2.24, 2.45) is 0 Å². The maximum Gasteiger partial charge on any atom is 0.294 e. The first-order chi connectivity index (χ1) is 9.38. The van der Waals surface area contributed by atoms with Crippen molar-refractivity contribution < 1.29 is 4.74 Å². The van der Waals surface area contributed by atoms with Crippen LogP contribution >= 0.6 is 11.3 Å². The van der Waals surface area contributed by atoms with Gasteiger partial charge < -0.3 is 10.1 Å². The van der Waals surface area contributed by atoms with Crippen LogP contribution in [0.5, 0.6) is 5.19 Å². The van der Waals surface area contributed by atoms with Crippen molar-refractivity contribution in [3.63, 3.8) is 0 Å². The van der Waals surface area contributed by atoms with Gasteiger partial charge in [-0.2, -0.15) is 0 Å². The fourth-order valence-electron chi connectivity index (χ4n) is 1.53. The van der Waals surface area contributed by atoms with Crippen molar-refractivity contribution in [1.29, 1.82) is 0 Å². The van der Waals surface area contributed by atoms with Crippen LogP contribution in [-0.4, -0.2) is 28.3 Å². The molecule has 19 heavy (non-hydrogen) atoms. The van der Waals surface area contributed by atoms with E-state index in [1.54, 1.807) is 6.20 Å². The average molecular weight is 278 g/mol. The Labute approximate surface area is 117 Å². The Hall–Kier alpha value is -1.53. The fourth-order valence-corrected chi connectivity index (χ4v) is 2.21. The lowest BCUT2D eigenvalue weighted by Crippen LogP contribution is -2.13. The van der Waals surface area contributed by atoms with Crippen LogP contribution in [0, 0.1) is 0 Å². The molecule has 6 heteroatoms. The Kier molecular flexibility index (Phi) is 5.71. The van der Waals surface area contributed by atoms with E-state index in [-0.39, 0.29) is 0 Å². The van der Waals surface area contributed by atoms with Crippen molar-refractivity contribution >= 4 is 11.3 Å².